The van der Waals surface area contributed by atoms with E-state index in [-0.39, 0.29) is 11.7 Å². The minimum absolute atomic E-state index is 0.136. The Labute approximate surface area is 195 Å². The second-order valence-electron chi connectivity index (χ2n) is 7.55. The molecule has 0 bridgehead atoms. The summed E-state index contributed by atoms with van der Waals surface area (Å²) in [6, 6.07) is 19.4. The standard InChI is InChI=1S/C24H23N5O3S/c1-28-11-5-8-19(28)15-22-26-27-24(29(22)18-6-3-2-4-7-18)33-16-23(30)25-17-9-10-20-21(14-17)32-13-12-31-20/h2-11,14H,12-13,15-16H2,1H3,(H,25,30). The van der Waals surface area contributed by atoms with E-state index in [9.17, 15) is 4.79 Å². The average Bonchev–Trinajstić information content (AvgIpc) is 3.44. The zero-order valence-electron chi connectivity index (χ0n) is 18.1. The molecule has 0 aliphatic carbocycles. The number of carbonyl (C=O) groups excluding carboxylic acids is 1. The van der Waals surface area contributed by atoms with Gasteiger partial charge in [0, 0.05) is 42.8 Å². The first kappa shape index (κ1) is 21.1. The summed E-state index contributed by atoms with van der Waals surface area (Å²) in [5.74, 6) is 2.21. The lowest BCUT2D eigenvalue weighted by Gasteiger charge is -2.19. The van der Waals surface area contributed by atoms with E-state index in [0.717, 1.165) is 17.2 Å². The fourth-order valence-electron chi connectivity index (χ4n) is 3.64. The van der Waals surface area contributed by atoms with E-state index in [1.807, 2.05) is 54.2 Å². The van der Waals surface area contributed by atoms with Crippen LogP contribution in [0.3, 0.4) is 0 Å². The summed E-state index contributed by atoms with van der Waals surface area (Å²) in [5.41, 5.74) is 2.76. The normalized spacial score (nSPS) is 12.5. The number of benzene rings is 2. The SMILES string of the molecule is Cn1cccc1Cc1nnc(SCC(=O)Nc2ccc3c(c2)OCCO3)n1-c1ccccc1. The maximum absolute atomic E-state index is 12.6. The molecule has 33 heavy (non-hydrogen) atoms. The molecular weight excluding hydrogens is 438 g/mol. The summed E-state index contributed by atoms with van der Waals surface area (Å²) in [5, 5.41) is 12.4. The van der Waals surface area contributed by atoms with Gasteiger partial charge in [-0.1, -0.05) is 30.0 Å². The van der Waals surface area contributed by atoms with Crippen LogP contribution in [0.4, 0.5) is 5.69 Å². The molecule has 2 aromatic heterocycles. The van der Waals surface area contributed by atoms with Gasteiger partial charge in [-0.25, -0.2) is 0 Å². The van der Waals surface area contributed by atoms with Gasteiger partial charge in [-0.05, 0) is 36.4 Å². The van der Waals surface area contributed by atoms with Gasteiger partial charge in [0.25, 0.3) is 0 Å². The predicted octanol–water partition coefficient (Wildman–Crippen LogP) is 3.70. The van der Waals surface area contributed by atoms with E-state index < -0.39 is 0 Å². The molecule has 9 heteroatoms. The van der Waals surface area contributed by atoms with Crippen molar-refractivity contribution in [1.82, 2.24) is 19.3 Å². The lowest BCUT2D eigenvalue weighted by atomic mass is 10.2. The Morgan fingerprint density at radius 3 is 2.64 bits per heavy atom. The second kappa shape index (κ2) is 9.41. The number of hydrogen-bond acceptors (Lipinski definition) is 6. The Hall–Kier alpha value is -3.72. The number of hydrogen-bond donors (Lipinski definition) is 1. The number of anilines is 1. The van der Waals surface area contributed by atoms with Crippen LogP contribution in [0.15, 0.2) is 72.0 Å². The summed E-state index contributed by atoms with van der Waals surface area (Å²) >= 11 is 1.35. The van der Waals surface area contributed by atoms with Crippen LogP contribution in [-0.2, 0) is 18.3 Å². The topological polar surface area (TPSA) is 83.2 Å². The van der Waals surface area contributed by atoms with Gasteiger partial charge in [-0.3, -0.25) is 9.36 Å². The number of amides is 1. The van der Waals surface area contributed by atoms with E-state index in [1.165, 1.54) is 11.8 Å². The molecule has 0 spiro atoms. The molecule has 0 unspecified atom stereocenters. The van der Waals surface area contributed by atoms with Crippen molar-refractivity contribution in [1.29, 1.82) is 0 Å². The zero-order chi connectivity index (χ0) is 22.6. The molecule has 168 valence electrons. The van der Waals surface area contributed by atoms with Crippen LogP contribution in [-0.4, -0.2) is 44.2 Å². The molecule has 8 nitrogen and oxygen atoms in total. The van der Waals surface area contributed by atoms with Gasteiger partial charge in [0.15, 0.2) is 16.7 Å². The first-order valence-corrected chi connectivity index (χ1v) is 11.6. The fourth-order valence-corrected chi connectivity index (χ4v) is 4.41. The van der Waals surface area contributed by atoms with Gasteiger partial charge < -0.3 is 19.4 Å². The molecule has 2 aromatic carbocycles. The molecule has 5 rings (SSSR count). The van der Waals surface area contributed by atoms with Gasteiger partial charge in [-0.15, -0.1) is 10.2 Å². The van der Waals surface area contributed by atoms with Crippen molar-refractivity contribution in [2.45, 2.75) is 11.6 Å². The maximum Gasteiger partial charge on any atom is 0.234 e. The van der Waals surface area contributed by atoms with E-state index in [2.05, 4.69) is 26.1 Å². The molecular formula is C24H23N5O3S. The molecule has 1 aliphatic rings. The van der Waals surface area contributed by atoms with Crippen LogP contribution in [0.25, 0.3) is 5.69 Å². The highest BCUT2D eigenvalue weighted by Crippen LogP contribution is 2.32. The third-order valence-electron chi connectivity index (χ3n) is 5.26. The third-order valence-corrected chi connectivity index (χ3v) is 6.19. The summed E-state index contributed by atoms with van der Waals surface area (Å²) in [4.78, 5) is 12.6. The highest BCUT2D eigenvalue weighted by atomic mass is 32.2. The predicted molar refractivity (Wildman–Crippen MR) is 126 cm³/mol. The molecule has 0 saturated carbocycles. The number of fused-ring (bicyclic) bond motifs is 1. The number of nitrogens with one attached hydrogen (secondary N) is 1. The van der Waals surface area contributed by atoms with Crippen LogP contribution < -0.4 is 14.8 Å². The molecule has 1 amide bonds. The van der Waals surface area contributed by atoms with Crippen LogP contribution >= 0.6 is 11.8 Å². The summed E-state index contributed by atoms with van der Waals surface area (Å²) in [6.07, 6.45) is 2.64. The third kappa shape index (κ3) is 4.73. The number of aryl methyl sites for hydroxylation is 1. The Morgan fingerprint density at radius 2 is 1.85 bits per heavy atom. The van der Waals surface area contributed by atoms with Crippen LogP contribution in [0.5, 0.6) is 11.5 Å². The van der Waals surface area contributed by atoms with Crippen molar-refractivity contribution in [3.8, 4) is 17.2 Å². The van der Waals surface area contributed by atoms with E-state index in [0.29, 0.717) is 42.0 Å². The van der Waals surface area contributed by atoms with E-state index in [1.54, 1.807) is 18.2 Å². The monoisotopic (exact) mass is 461 g/mol. The molecule has 0 radical (unpaired) electrons. The summed E-state index contributed by atoms with van der Waals surface area (Å²) < 4.78 is 15.2. The highest BCUT2D eigenvalue weighted by Gasteiger charge is 2.18. The van der Waals surface area contributed by atoms with Crippen LogP contribution in [0.1, 0.15) is 11.5 Å². The number of para-hydroxylation sites is 1. The van der Waals surface area contributed by atoms with Crippen molar-refractivity contribution >= 4 is 23.4 Å². The van der Waals surface area contributed by atoms with Crippen molar-refractivity contribution in [3.63, 3.8) is 0 Å². The fraction of sp³-hybridized carbons (Fsp3) is 0.208. The second-order valence-corrected chi connectivity index (χ2v) is 8.49. The minimum Gasteiger partial charge on any atom is -0.486 e. The number of rotatable bonds is 7. The van der Waals surface area contributed by atoms with Crippen molar-refractivity contribution in [2.75, 3.05) is 24.3 Å². The van der Waals surface area contributed by atoms with Crippen molar-refractivity contribution in [3.05, 3.63) is 78.4 Å². The quantitative estimate of drug-likeness (QED) is 0.423. The molecule has 4 aromatic rings. The first-order chi connectivity index (χ1) is 16.2. The number of carbonyl (C=O) groups is 1. The van der Waals surface area contributed by atoms with Crippen molar-refractivity contribution < 1.29 is 14.3 Å². The number of thioether (sulfide) groups is 1. The lowest BCUT2D eigenvalue weighted by Crippen LogP contribution is -2.17. The lowest BCUT2D eigenvalue weighted by molar-refractivity contribution is -0.113. The molecule has 1 N–H and O–H groups in total. The molecule has 0 atom stereocenters. The van der Waals surface area contributed by atoms with Crippen LogP contribution in [0.2, 0.25) is 0 Å². The molecule has 1 aliphatic heterocycles. The average molecular weight is 462 g/mol. The van der Waals surface area contributed by atoms with Gasteiger partial charge >= 0.3 is 0 Å². The highest BCUT2D eigenvalue weighted by molar-refractivity contribution is 7.99. The summed E-state index contributed by atoms with van der Waals surface area (Å²) in [7, 11) is 2.01. The van der Waals surface area contributed by atoms with Gasteiger partial charge in [-0.2, -0.15) is 0 Å². The summed E-state index contributed by atoms with van der Waals surface area (Å²) in [6.45, 7) is 1.03. The Kier molecular flexibility index (Phi) is 6.03. The first-order valence-electron chi connectivity index (χ1n) is 10.6. The number of ether oxygens (including phenoxy) is 2. The number of nitrogens with zero attached hydrogens (tertiary/aromatic N) is 4. The van der Waals surface area contributed by atoms with Gasteiger partial charge in [0.1, 0.15) is 19.0 Å². The Balaban J connectivity index is 1.32. The van der Waals surface area contributed by atoms with E-state index in [4.69, 9.17) is 9.47 Å². The molecule has 0 fully saturated rings. The zero-order valence-corrected chi connectivity index (χ0v) is 18.9. The van der Waals surface area contributed by atoms with E-state index >= 15 is 0 Å². The largest absolute Gasteiger partial charge is 0.486 e. The molecule has 3 heterocycles. The maximum atomic E-state index is 12.6. The number of aromatic nitrogens is 4. The van der Waals surface area contributed by atoms with Gasteiger partial charge in [0.05, 0.1) is 5.75 Å². The smallest absolute Gasteiger partial charge is 0.234 e. The van der Waals surface area contributed by atoms with Crippen molar-refractivity contribution in [2.24, 2.45) is 7.05 Å². The molecule has 0 saturated heterocycles. The Bertz CT molecular complexity index is 1270. The van der Waals surface area contributed by atoms with Gasteiger partial charge in [0.2, 0.25) is 5.91 Å². The minimum atomic E-state index is -0.136. The Morgan fingerprint density at radius 1 is 1.03 bits per heavy atom. The van der Waals surface area contributed by atoms with Crippen LogP contribution in [0, 0.1) is 0 Å².